The summed E-state index contributed by atoms with van der Waals surface area (Å²) in [5.74, 6) is -0.558. The summed E-state index contributed by atoms with van der Waals surface area (Å²) in [6.45, 7) is 0. The third-order valence-corrected chi connectivity index (χ3v) is 3.03. The van der Waals surface area contributed by atoms with Crippen LogP contribution >= 0.6 is 11.6 Å². The number of aromatic nitrogens is 1. The number of benzene rings is 2. The molecule has 0 radical (unpaired) electrons. The van der Waals surface area contributed by atoms with Crippen LogP contribution in [-0.2, 0) is 0 Å². The summed E-state index contributed by atoms with van der Waals surface area (Å²) in [4.78, 5) is 16.0. The van der Waals surface area contributed by atoms with E-state index in [0.29, 0.717) is 5.52 Å². The van der Waals surface area contributed by atoms with Gasteiger partial charge in [0.2, 0.25) is 5.89 Å². The van der Waals surface area contributed by atoms with E-state index in [1.54, 1.807) is 30.3 Å². The molecular weight excluding hydrogens is 269 g/mol. The number of hydrogen-bond donors (Lipinski definition) is 0. The van der Waals surface area contributed by atoms with E-state index in [2.05, 4.69) is 4.98 Å². The van der Waals surface area contributed by atoms with Crippen molar-refractivity contribution in [3.8, 4) is 11.5 Å². The van der Waals surface area contributed by atoms with Crippen LogP contribution in [0.2, 0.25) is 5.02 Å². The van der Waals surface area contributed by atoms with E-state index in [1.807, 2.05) is 0 Å². The molecule has 94 valence electrons. The fourth-order valence-corrected chi connectivity index (χ4v) is 2.08. The van der Waals surface area contributed by atoms with Crippen LogP contribution in [0.25, 0.3) is 22.4 Å². The number of fused-ring (bicyclic) bond motifs is 1. The van der Waals surface area contributed by atoms with Gasteiger partial charge in [0, 0.05) is 0 Å². The van der Waals surface area contributed by atoms with Crippen molar-refractivity contribution in [1.29, 1.82) is 0 Å². The molecule has 19 heavy (non-hydrogen) atoms. The maximum absolute atomic E-state index is 13.7. The zero-order valence-electron chi connectivity index (χ0n) is 9.56. The van der Waals surface area contributed by atoms with Crippen molar-refractivity contribution >= 4 is 22.5 Å². The number of rotatable bonds is 1. The Kier molecular flexibility index (Phi) is 2.80. The Hall–Kier alpha value is -2.20. The van der Waals surface area contributed by atoms with Gasteiger partial charge >= 0.3 is 5.63 Å². The first-order chi connectivity index (χ1) is 9.16. The molecule has 0 atom stereocenters. The van der Waals surface area contributed by atoms with Gasteiger partial charge in [0.05, 0.1) is 16.1 Å². The lowest BCUT2D eigenvalue weighted by Gasteiger charge is -2.03. The summed E-state index contributed by atoms with van der Waals surface area (Å²) in [6, 6.07) is 10.8. The highest BCUT2D eigenvalue weighted by Crippen LogP contribution is 2.24. The van der Waals surface area contributed by atoms with Crippen LogP contribution < -0.4 is 5.63 Å². The average molecular weight is 276 g/mol. The van der Waals surface area contributed by atoms with E-state index in [0.717, 1.165) is 0 Å². The summed E-state index contributed by atoms with van der Waals surface area (Å²) in [7, 11) is 0. The quantitative estimate of drug-likeness (QED) is 0.681. The second-order valence-corrected chi connectivity index (χ2v) is 4.33. The minimum absolute atomic E-state index is 0.0575. The van der Waals surface area contributed by atoms with Gasteiger partial charge in [0.25, 0.3) is 0 Å². The zero-order valence-corrected chi connectivity index (χ0v) is 10.3. The molecule has 3 nitrogen and oxygen atoms in total. The first kappa shape index (κ1) is 11.9. The maximum atomic E-state index is 13.7. The van der Waals surface area contributed by atoms with E-state index in [-0.39, 0.29) is 21.9 Å². The Balaban J connectivity index is 2.34. The van der Waals surface area contributed by atoms with Crippen molar-refractivity contribution in [1.82, 2.24) is 4.98 Å². The van der Waals surface area contributed by atoms with Gasteiger partial charge in [-0.1, -0.05) is 29.8 Å². The first-order valence-electron chi connectivity index (χ1n) is 5.51. The molecule has 0 fully saturated rings. The Morgan fingerprint density at radius 3 is 2.68 bits per heavy atom. The summed E-state index contributed by atoms with van der Waals surface area (Å²) >= 11 is 5.92. The molecule has 0 aliphatic rings. The molecule has 0 saturated heterocycles. The molecule has 2 aromatic carbocycles. The van der Waals surface area contributed by atoms with Gasteiger partial charge in [-0.2, -0.15) is 0 Å². The highest BCUT2D eigenvalue weighted by Gasteiger charge is 2.13. The van der Waals surface area contributed by atoms with Crippen LogP contribution in [0.4, 0.5) is 4.39 Å². The van der Waals surface area contributed by atoms with E-state index in [1.165, 1.54) is 12.1 Å². The van der Waals surface area contributed by atoms with Gasteiger partial charge < -0.3 is 4.42 Å². The summed E-state index contributed by atoms with van der Waals surface area (Å²) < 4.78 is 18.7. The molecule has 0 N–H and O–H groups in total. The largest absolute Gasteiger partial charge is 0.403 e. The van der Waals surface area contributed by atoms with E-state index < -0.39 is 11.4 Å². The second kappa shape index (κ2) is 4.48. The molecule has 0 amide bonds. The SMILES string of the molecule is O=c1oc(-c2ccccc2F)nc2cccc(Cl)c12. The lowest BCUT2D eigenvalue weighted by atomic mass is 10.2. The van der Waals surface area contributed by atoms with Crippen LogP contribution in [-0.4, -0.2) is 4.98 Å². The maximum Gasteiger partial charge on any atom is 0.348 e. The van der Waals surface area contributed by atoms with Crippen LogP contribution in [0.1, 0.15) is 0 Å². The van der Waals surface area contributed by atoms with Gasteiger partial charge in [-0.25, -0.2) is 14.2 Å². The molecule has 0 spiro atoms. The number of hydrogen-bond acceptors (Lipinski definition) is 3. The lowest BCUT2D eigenvalue weighted by molar-refractivity contribution is 0.512. The minimum Gasteiger partial charge on any atom is -0.403 e. The molecule has 1 aromatic heterocycles. The van der Waals surface area contributed by atoms with E-state index >= 15 is 0 Å². The third-order valence-electron chi connectivity index (χ3n) is 2.71. The monoisotopic (exact) mass is 275 g/mol. The molecule has 0 unspecified atom stereocenters. The van der Waals surface area contributed by atoms with Crippen molar-refractivity contribution in [2.45, 2.75) is 0 Å². The highest BCUT2D eigenvalue weighted by atomic mass is 35.5. The van der Waals surface area contributed by atoms with E-state index in [9.17, 15) is 9.18 Å². The fourth-order valence-electron chi connectivity index (χ4n) is 1.83. The van der Waals surface area contributed by atoms with Crippen LogP contribution in [0.3, 0.4) is 0 Å². The zero-order chi connectivity index (χ0) is 13.4. The van der Waals surface area contributed by atoms with E-state index in [4.69, 9.17) is 16.0 Å². The Labute approximate surface area is 112 Å². The molecule has 0 saturated carbocycles. The van der Waals surface area contributed by atoms with Crippen molar-refractivity contribution in [3.63, 3.8) is 0 Å². The topological polar surface area (TPSA) is 43.1 Å². The molecule has 3 rings (SSSR count). The van der Waals surface area contributed by atoms with Crippen LogP contribution in [0, 0.1) is 5.82 Å². The Bertz CT molecular complexity index is 829. The molecule has 1 heterocycles. The first-order valence-corrected chi connectivity index (χ1v) is 5.89. The van der Waals surface area contributed by atoms with Gasteiger partial charge in [-0.05, 0) is 24.3 Å². The van der Waals surface area contributed by atoms with Crippen molar-refractivity contribution in [2.24, 2.45) is 0 Å². The van der Waals surface area contributed by atoms with Crippen molar-refractivity contribution in [3.05, 3.63) is 63.7 Å². The smallest absolute Gasteiger partial charge is 0.348 e. The molecule has 0 aliphatic heterocycles. The van der Waals surface area contributed by atoms with Gasteiger partial charge in [-0.3, -0.25) is 0 Å². The second-order valence-electron chi connectivity index (χ2n) is 3.92. The summed E-state index contributed by atoms with van der Waals surface area (Å²) in [5, 5.41) is 0.461. The molecular formula is C14H7ClFNO2. The predicted octanol–water partition coefficient (Wildman–Crippen LogP) is 3.65. The average Bonchev–Trinajstić information content (AvgIpc) is 2.39. The Morgan fingerprint density at radius 1 is 1.11 bits per heavy atom. The van der Waals surface area contributed by atoms with Crippen molar-refractivity contribution < 1.29 is 8.81 Å². The van der Waals surface area contributed by atoms with Gasteiger partial charge in [-0.15, -0.1) is 0 Å². The minimum atomic E-state index is -0.631. The van der Waals surface area contributed by atoms with Crippen LogP contribution in [0.15, 0.2) is 51.7 Å². The fraction of sp³-hybridized carbons (Fsp3) is 0. The Morgan fingerprint density at radius 2 is 1.89 bits per heavy atom. The highest BCUT2D eigenvalue weighted by molar-refractivity contribution is 6.35. The normalized spacial score (nSPS) is 10.8. The van der Waals surface area contributed by atoms with Gasteiger partial charge in [0.1, 0.15) is 11.2 Å². The molecule has 3 aromatic rings. The molecule has 5 heteroatoms. The summed E-state index contributed by atoms with van der Waals surface area (Å²) in [6.07, 6.45) is 0. The number of nitrogens with zero attached hydrogens (tertiary/aromatic N) is 1. The van der Waals surface area contributed by atoms with Crippen LogP contribution in [0.5, 0.6) is 0 Å². The predicted molar refractivity (Wildman–Crippen MR) is 70.7 cm³/mol. The number of halogens is 2. The molecule has 0 bridgehead atoms. The van der Waals surface area contributed by atoms with Gasteiger partial charge in [0.15, 0.2) is 0 Å². The molecule has 0 aliphatic carbocycles. The standard InChI is InChI=1S/C14H7ClFNO2/c15-9-5-3-7-11-12(9)14(18)19-13(17-11)8-4-1-2-6-10(8)16/h1-7H. The summed E-state index contributed by atoms with van der Waals surface area (Å²) in [5.41, 5.74) is -0.114. The lowest BCUT2D eigenvalue weighted by Crippen LogP contribution is -2.04. The third kappa shape index (κ3) is 2.00. The van der Waals surface area contributed by atoms with Crippen molar-refractivity contribution in [2.75, 3.05) is 0 Å².